The van der Waals surface area contributed by atoms with Gasteiger partial charge >= 0.3 is 6.03 Å². The summed E-state index contributed by atoms with van der Waals surface area (Å²) in [6.45, 7) is 8.66. The van der Waals surface area contributed by atoms with Crippen LogP contribution in [0.1, 0.15) is 20.8 Å². The number of carbonyl (C=O) groups is 1. The minimum absolute atomic E-state index is 0.00287. The largest absolute Gasteiger partial charge is 0.373 e. The maximum absolute atomic E-state index is 11.9. The molecular weight excluding hydrogens is 206 g/mol. The summed E-state index contributed by atoms with van der Waals surface area (Å²) in [5.74, 6) is 0. The van der Waals surface area contributed by atoms with E-state index in [0.717, 1.165) is 6.54 Å². The predicted molar refractivity (Wildman–Crippen MR) is 63.5 cm³/mol. The van der Waals surface area contributed by atoms with E-state index in [4.69, 9.17) is 4.74 Å². The number of hydrogen-bond donors (Lipinski definition) is 2. The van der Waals surface area contributed by atoms with Crippen molar-refractivity contribution in [3.8, 4) is 0 Å². The molecule has 5 nitrogen and oxygen atoms in total. The van der Waals surface area contributed by atoms with Crippen molar-refractivity contribution in [3.63, 3.8) is 0 Å². The number of likely N-dealkylation sites (N-methyl/N-ethyl adjacent to an activating group) is 1. The quantitative estimate of drug-likeness (QED) is 0.721. The zero-order valence-corrected chi connectivity index (χ0v) is 10.7. The van der Waals surface area contributed by atoms with Gasteiger partial charge in [0.25, 0.3) is 0 Å². The second-order valence-electron chi connectivity index (χ2n) is 5.18. The zero-order chi connectivity index (χ0) is 12.2. The Hall–Kier alpha value is -0.810. The van der Waals surface area contributed by atoms with Gasteiger partial charge < -0.3 is 20.3 Å². The summed E-state index contributed by atoms with van der Waals surface area (Å²) in [7, 11) is 1.89. The summed E-state index contributed by atoms with van der Waals surface area (Å²) in [5.41, 5.74) is -0.187. The number of carbonyl (C=O) groups excluding carboxylic acids is 1. The molecule has 0 aromatic carbocycles. The van der Waals surface area contributed by atoms with Crippen LogP contribution in [0.5, 0.6) is 0 Å². The van der Waals surface area contributed by atoms with Crippen LogP contribution in [0, 0.1) is 0 Å². The molecule has 1 unspecified atom stereocenters. The Bertz CT molecular complexity index is 236. The molecule has 2 amide bonds. The summed E-state index contributed by atoms with van der Waals surface area (Å²) < 4.78 is 5.54. The van der Waals surface area contributed by atoms with Crippen molar-refractivity contribution in [2.45, 2.75) is 32.4 Å². The molecule has 0 aliphatic carbocycles. The molecule has 94 valence electrons. The lowest BCUT2D eigenvalue weighted by molar-refractivity contribution is -0.0127. The Kier molecular flexibility index (Phi) is 4.56. The fourth-order valence-corrected chi connectivity index (χ4v) is 1.65. The number of morpholine rings is 1. The molecule has 2 N–H and O–H groups in total. The van der Waals surface area contributed by atoms with Crippen LogP contribution in [0.4, 0.5) is 4.79 Å². The van der Waals surface area contributed by atoms with Gasteiger partial charge in [0.15, 0.2) is 0 Å². The van der Waals surface area contributed by atoms with Crippen LogP contribution in [-0.2, 0) is 4.74 Å². The topological polar surface area (TPSA) is 53.6 Å². The van der Waals surface area contributed by atoms with Crippen molar-refractivity contribution in [2.24, 2.45) is 0 Å². The van der Waals surface area contributed by atoms with Gasteiger partial charge in [-0.15, -0.1) is 0 Å². The van der Waals surface area contributed by atoms with E-state index in [9.17, 15) is 4.79 Å². The molecule has 16 heavy (non-hydrogen) atoms. The highest BCUT2D eigenvalue weighted by Crippen LogP contribution is 2.07. The molecule has 0 aromatic heterocycles. The first-order chi connectivity index (χ1) is 7.42. The van der Waals surface area contributed by atoms with Gasteiger partial charge in [-0.3, -0.25) is 0 Å². The highest BCUT2D eigenvalue weighted by atomic mass is 16.5. The monoisotopic (exact) mass is 229 g/mol. The van der Waals surface area contributed by atoms with Crippen LogP contribution in [0.25, 0.3) is 0 Å². The molecule has 0 saturated carbocycles. The van der Waals surface area contributed by atoms with E-state index >= 15 is 0 Å². The number of urea groups is 1. The van der Waals surface area contributed by atoms with Crippen molar-refractivity contribution in [1.82, 2.24) is 15.5 Å². The molecule has 1 rings (SSSR count). The van der Waals surface area contributed by atoms with Gasteiger partial charge in [-0.05, 0) is 27.8 Å². The van der Waals surface area contributed by atoms with E-state index in [1.165, 1.54) is 0 Å². The molecule has 1 saturated heterocycles. The van der Waals surface area contributed by atoms with E-state index in [0.29, 0.717) is 19.7 Å². The van der Waals surface area contributed by atoms with Crippen LogP contribution >= 0.6 is 0 Å². The molecule has 1 atom stereocenters. The average Bonchev–Trinajstić information content (AvgIpc) is 2.16. The Labute approximate surface area is 97.5 Å². The number of nitrogens with zero attached hydrogens (tertiary/aromatic N) is 1. The third-order valence-electron chi connectivity index (χ3n) is 2.34. The lowest BCUT2D eigenvalue weighted by atomic mass is 10.1. The Balaban J connectivity index is 2.44. The number of ether oxygens (including phenoxy) is 1. The van der Waals surface area contributed by atoms with E-state index < -0.39 is 0 Å². The molecule has 1 aliphatic heterocycles. The zero-order valence-electron chi connectivity index (χ0n) is 10.7. The minimum atomic E-state index is -0.187. The first kappa shape index (κ1) is 13.3. The number of hydrogen-bond acceptors (Lipinski definition) is 3. The van der Waals surface area contributed by atoms with Gasteiger partial charge in [-0.1, -0.05) is 0 Å². The highest BCUT2D eigenvalue weighted by molar-refractivity contribution is 5.75. The van der Waals surface area contributed by atoms with Gasteiger partial charge in [0.2, 0.25) is 0 Å². The van der Waals surface area contributed by atoms with Crippen molar-refractivity contribution in [3.05, 3.63) is 0 Å². The number of rotatable bonds is 2. The third-order valence-corrected chi connectivity index (χ3v) is 2.34. The maximum atomic E-state index is 11.9. The Morgan fingerprint density at radius 2 is 2.19 bits per heavy atom. The molecule has 5 heteroatoms. The smallest absolute Gasteiger partial charge is 0.317 e. The highest BCUT2D eigenvalue weighted by Gasteiger charge is 2.25. The Morgan fingerprint density at radius 3 is 2.75 bits per heavy atom. The molecular formula is C11H23N3O2. The molecule has 0 aromatic rings. The first-order valence-corrected chi connectivity index (χ1v) is 5.75. The van der Waals surface area contributed by atoms with Crippen LogP contribution in [-0.4, -0.2) is 55.9 Å². The first-order valence-electron chi connectivity index (χ1n) is 5.75. The average molecular weight is 229 g/mol. The fourth-order valence-electron chi connectivity index (χ4n) is 1.65. The summed E-state index contributed by atoms with van der Waals surface area (Å²) >= 11 is 0. The van der Waals surface area contributed by atoms with Crippen LogP contribution in [0.3, 0.4) is 0 Å². The predicted octanol–water partition coefficient (Wildman–Crippen LogP) is 0.415. The minimum Gasteiger partial charge on any atom is -0.373 e. The molecule has 0 spiro atoms. The van der Waals surface area contributed by atoms with E-state index in [1.807, 2.05) is 32.7 Å². The Morgan fingerprint density at radius 1 is 1.50 bits per heavy atom. The standard InChI is InChI=1S/C11H23N3O2/c1-11(2,3)13-10(15)14-5-6-16-9(8-14)7-12-4/h9,12H,5-8H2,1-4H3,(H,13,15). The van der Waals surface area contributed by atoms with Gasteiger partial charge in [0, 0.05) is 25.2 Å². The van der Waals surface area contributed by atoms with Gasteiger partial charge in [-0.2, -0.15) is 0 Å². The SMILES string of the molecule is CNCC1CN(C(=O)NC(C)(C)C)CCO1. The lowest BCUT2D eigenvalue weighted by Crippen LogP contribution is -2.55. The maximum Gasteiger partial charge on any atom is 0.317 e. The number of amides is 2. The molecule has 1 fully saturated rings. The summed E-state index contributed by atoms with van der Waals surface area (Å²) in [4.78, 5) is 13.7. The normalized spacial score (nSPS) is 22.0. The summed E-state index contributed by atoms with van der Waals surface area (Å²) in [6.07, 6.45) is 0.101. The molecule has 0 bridgehead atoms. The van der Waals surface area contributed by atoms with E-state index in [1.54, 1.807) is 0 Å². The van der Waals surface area contributed by atoms with Crippen molar-refractivity contribution in [1.29, 1.82) is 0 Å². The number of nitrogens with one attached hydrogen (secondary N) is 2. The molecule has 1 heterocycles. The van der Waals surface area contributed by atoms with Gasteiger partial charge in [0.1, 0.15) is 0 Å². The van der Waals surface area contributed by atoms with Crippen LogP contribution < -0.4 is 10.6 Å². The second kappa shape index (κ2) is 5.50. The molecule has 0 radical (unpaired) electrons. The van der Waals surface area contributed by atoms with Crippen molar-refractivity contribution >= 4 is 6.03 Å². The van der Waals surface area contributed by atoms with Crippen molar-refractivity contribution < 1.29 is 9.53 Å². The van der Waals surface area contributed by atoms with Crippen LogP contribution in [0.2, 0.25) is 0 Å². The molecule has 1 aliphatic rings. The van der Waals surface area contributed by atoms with Crippen LogP contribution in [0.15, 0.2) is 0 Å². The lowest BCUT2D eigenvalue weighted by Gasteiger charge is -2.35. The fraction of sp³-hybridized carbons (Fsp3) is 0.909. The van der Waals surface area contributed by atoms with Crippen molar-refractivity contribution in [2.75, 3.05) is 33.3 Å². The summed E-state index contributed by atoms with van der Waals surface area (Å²) in [6, 6.07) is -0.00287. The van der Waals surface area contributed by atoms with E-state index in [-0.39, 0.29) is 17.7 Å². The van der Waals surface area contributed by atoms with Gasteiger partial charge in [-0.25, -0.2) is 4.79 Å². The van der Waals surface area contributed by atoms with E-state index in [2.05, 4.69) is 10.6 Å². The third kappa shape index (κ3) is 4.37. The van der Waals surface area contributed by atoms with Gasteiger partial charge in [0.05, 0.1) is 12.7 Å². The second-order valence-corrected chi connectivity index (χ2v) is 5.18. The summed E-state index contributed by atoms with van der Waals surface area (Å²) in [5, 5.41) is 6.02.